The molecule has 4 rings (SSSR count). The van der Waals surface area contributed by atoms with E-state index >= 15 is 0 Å². The highest BCUT2D eigenvalue weighted by Gasteiger charge is 2.63. The lowest BCUT2D eigenvalue weighted by molar-refractivity contribution is -0.423. The van der Waals surface area contributed by atoms with Crippen LogP contribution in [-0.4, -0.2) is 35.4 Å². The zero-order valence-electron chi connectivity index (χ0n) is 19.3. The van der Waals surface area contributed by atoms with E-state index in [0.29, 0.717) is 36.5 Å². The van der Waals surface area contributed by atoms with E-state index in [1.165, 1.54) is 7.11 Å². The molecule has 180 valence electrons. The third-order valence-corrected chi connectivity index (χ3v) is 10.5. The molecule has 0 unspecified atom stereocenters. The van der Waals surface area contributed by atoms with Gasteiger partial charge in [-0.25, -0.2) is 9.78 Å². The van der Waals surface area contributed by atoms with Crippen molar-refractivity contribution in [2.24, 2.45) is 46.3 Å². The minimum absolute atomic E-state index is 0.0906. The Kier molecular flexibility index (Phi) is 6.02. The Balaban J connectivity index is 1.53. The Morgan fingerprint density at radius 2 is 1.61 bits per heavy atom. The normalized spacial score (nSPS) is 49.6. The first-order valence-electron chi connectivity index (χ1n) is 12.0. The van der Waals surface area contributed by atoms with Gasteiger partial charge in [-0.05, 0) is 91.3 Å². The molecule has 0 heterocycles. The zero-order valence-corrected chi connectivity index (χ0v) is 19.3. The first kappa shape index (κ1) is 23.8. The summed E-state index contributed by atoms with van der Waals surface area (Å²) in [6, 6.07) is 0. The van der Waals surface area contributed by atoms with Gasteiger partial charge in [0.25, 0.3) is 0 Å². The van der Waals surface area contributed by atoms with Gasteiger partial charge in [0.15, 0.2) is 11.9 Å². The van der Waals surface area contributed by atoms with Crippen LogP contribution >= 0.6 is 0 Å². The number of halogens is 3. The molecule has 0 aliphatic heterocycles. The first-order chi connectivity index (χ1) is 14.4. The quantitative estimate of drug-likeness (QED) is 0.340. The fourth-order valence-corrected chi connectivity index (χ4v) is 8.86. The molecule has 0 saturated heterocycles. The molecule has 10 atom stereocenters. The Morgan fingerprint density at radius 3 is 2.26 bits per heavy atom. The number of aliphatic hydroxyl groups excluding tert-OH is 1. The van der Waals surface area contributed by atoms with Gasteiger partial charge in [-0.1, -0.05) is 20.8 Å². The van der Waals surface area contributed by atoms with Crippen LogP contribution in [0.4, 0.5) is 13.2 Å². The average molecular weight is 449 g/mol. The number of rotatable bonds is 4. The van der Waals surface area contributed by atoms with E-state index in [2.05, 4.69) is 13.8 Å². The van der Waals surface area contributed by atoms with Gasteiger partial charge in [0.05, 0.1) is 7.11 Å². The van der Waals surface area contributed by atoms with Crippen molar-refractivity contribution in [2.45, 2.75) is 96.6 Å². The minimum Gasteiger partial charge on any atom is -0.383 e. The second-order valence-corrected chi connectivity index (χ2v) is 11.6. The molecule has 0 spiro atoms. The van der Waals surface area contributed by atoms with E-state index in [1.807, 2.05) is 0 Å². The van der Waals surface area contributed by atoms with E-state index in [-0.39, 0.29) is 16.7 Å². The third kappa shape index (κ3) is 3.75. The highest BCUT2D eigenvalue weighted by atomic mass is 19.4. The van der Waals surface area contributed by atoms with E-state index in [0.717, 1.165) is 44.9 Å². The maximum atomic E-state index is 13.2. The number of aliphatic hydroxyl groups is 2. The SMILES string of the molecule is COO[C@]1(O)CC[C@@]2(C)[C@H](CC[C@@H]3[C@@H]2CC[C@]2(C)[C@@H]([C@H](C)[C@@H](O)C(F)(F)F)CC[C@@H]32)C1. The predicted octanol–water partition coefficient (Wildman–Crippen LogP) is 5.47. The Hall–Kier alpha value is -0.370. The molecule has 7 heteroatoms. The van der Waals surface area contributed by atoms with E-state index < -0.39 is 24.0 Å². The standard InChI is InChI=1S/C24H39F3O4/c1-14(20(28)24(25,26)27)17-7-8-18-16-6-5-15-13-23(29,31-30-4)12-11-21(15,2)19(16)9-10-22(17,18)3/h14-20,28-29H,5-13H2,1-4H3/t14-,15+,16-,17+,18-,19-,20+,21-,22+,23+/m0/s1. The van der Waals surface area contributed by atoms with Crippen LogP contribution in [0.2, 0.25) is 0 Å². The summed E-state index contributed by atoms with van der Waals surface area (Å²) in [5.74, 6) is -0.214. The van der Waals surface area contributed by atoms with Crippen molar-refractivity contribution in [3.05, 3.63) is 0 Å². The van der Waals surface area contributed by atoms with E-state index in [1.54, 1.807) is 6.92 Å². The van der Waals surface area contributed by atoms with Gasteiger partial charge >= 0.3 is 6.18 Å². The number of hydrogen-bond donors (Lipinski definition) is 2. The van der Waals surface area contributed by atoms with Gasteiger partial charge in [-0.3, -0.25) is 0 Å². The molecule has 0 bridgehead atoms. The van der Waals surface area contributed by atoms with Gasteiger partial charge in [-0.2, -0.15) is 13.2 Å². The predicted molar refractivity (Wildman–Crippen MR) is 109 cm³/mol. The number of alkyl halides is 3. The second kappa shape index (κ2) is 7.85. The van der Waals surface area contributed by atoms with Crippen molar-refractivity contribution >= 4 is 0 Å². The van der Waals surface area contributed by atoms with Crippen molar-refractivity contribution in [2.75, 3.05) is 7.11 Å². The van der Waals surface area contributed by atoms with Gasteiger partial charge in [0, 0.05) is 12.8 Å². The molecule has 4 aliphatic rings. The smallest absolute Gasteiger partial charge is 0.383 e. The van der Waals surface area contributed by atoms with Gasteiger partial charge < -0.3 is 10.2 Å². The summed E-state index contributed by atoms with van der Waals surface area (Å²) >= 11 is 0. The zero-order chi connectivity index (χ0) is 22.8. The molecule has 4 fully saturated rings. The molecule has 4 aliphatic carbocycles. The fourth-order valence-electron chi connectivity index (χ4n) is 8.86. The number of hydrogen-bond acceptors (Lipinski definition) is 4. The molecule has 0 radical (unpaired) electrons. The topological polar surface area (TPSA) is 58.9 Å². The van der Waals surface area contributed by atoms with Crippen molar-refractivity contribution in [1.82, 2.24) is 0 Å². The first-order valence-corrected chi connectivity index (χ1v) is 12.0. The molecule has 4 nitrogen and oxygen atoms in total. The molecular weight excluding hydrogens is 409 g/mol. The molecule has 31 heavy (non-hydrogen) atoms. The molecule has 4 saturated carbocycles. The monoisotopic (exact) mass is 448 g/mol. The van der Waals surface area contributed by atoms with Crippen molar-refractivity contribution < 1.29 is 33.2 Å². The van der Waals surface area contributed by atoms with Crippen LogP contribution in [0.1, 0.15) is 78.6 Å². The Labute approximate surface area is 183 Å². The van der Waals surface area contributed by atoms with Crippen LogP contribution in [0.3, 0.4) is 0 Å². The fraction of sp³-hybridized carbons (Fsp3) is 1.00. The minimum atomic E-state index is -4.56. The van der Waals surface area contributed by atoms with Gasteiger partial charge in [-0.15, -0.1) is 0 Å². The molecular formula is C24H39F3O4. The lowest BCUT2D eigenvalue weighted by Gasteiger charge is -2.62. The van der Waals surface area contributed by atoms with E-state index in [4.69, 9.17) is 9.78 Å². The summed E-state index contributed by atoms with van der Waals surface area (Å²) in [6.45, 7) is 6.16. The van der Waals surface area contributed by atoms with Gasteiger partial charge in [0.2, 0.25) is 0 Å². The lowest BCUT2D eigenvalue weighted by Crippen LogP contribution is -2.56. The third-order valence-electron chi connectivity index (χ3n) is 10.5. The summed E-state index contributed by atoms with van der Waals surface area (Å²) in [5, 5.41) is 20.7. The molecule has 0 aromatic carbocycles. The summed E-state index contributed by atoms with van der Waals surface area (Å²) in [7, 11) is 1.43. The number of fused-ring (bicyclic) bond motifs is 5. The van der Waals surface area contributed by atoms with Crippen LogP contribution in [0.5, 0.6) is 0 Å². The Morgan fingerprint density at radius 1 is 0.935 bits per heavy atom. The van der Waals surface area contributed by atoms with Crippen LogP contribution in [0.25, 0.3) is 0 Å². The lowest BCUT2D eigenvalue weighted by atomic mass is 9.44. The largest absolute Gasteiger partial charge is 0.414 e. The summed E-state index contributed by atoms with van der Waals surface area (Å²) in [4.78, 5) is 10.0. The van der Waals surface area contributed by atoms with Crippen LogP contribution in [0.15, 0.2) is 0 Å². The summed E-state index contributed by atoms with van der Waals surface area (Å²) in [6.07, 6.45) is 1.01. The van der Waals surface area contributed by atoms with Crippen LogP contribution < -0.4 is 0 Å². The van der Waals surface area contributed by atoms with Crippen LogP contribution in [-0.2, 0) is 9.78 Å². The highest BCUT2D eigenvalue weighted by molar-refractivity contribution is 5.10. The molecule has 0 aromatic heterocycles. The maximum Gasteiger partial charge on any atom is 0.414 e. The van der Waals surface area contributed by atoms with E-state index in [9.17, 15) is 23.4 Å². The maximum absolute atomic E-state index is 13.2. The van der Waals surface area contributed by atoms with Crippen molar-refractivity contribution in [1.29, 1.82) is 0 Å². The molecule has 0 aromatic rings. The highest BCUT2D eigenvalue weighted by Crippen LogP contribution is 2.69. The van der Waals surface area contributed by atoms with Crippen molar-refractivity contribution in [3.8, 4) is 0 Å². The van der Waals surface area contributed by atoms with Crippen LogP contribution in [0, 0.1) is 46.3 Å². The van der Waals surface area contributed by atoms with Crippen molar-refractivity contribution in [3.63, 3.8) is 0 Å². The Bertz CT molecular complexity index is 672. The summed E-state index contributed by atoms with van der Waals surface area (Å²) in [5.41, 5.74) is -0.00661. The molecule has 2 N–H and O–H groups in total. The summed E-state index contributed by atoms with van der Waals surface area (Å²) < 4.78 is 39.7. The van der Waals surface area contributed by atoms with Gasteiger partial charge in [0.1, 0.15) is 0 Å². The second-order valence-electron chi connectivity index (χ2n) is 11.6. The average Bonchev–Trinajstić information content (AvgIpc) is 3.04. The molecule has 0 amide bonds.